The Balaban J connectivity index is 1.96. The predicted octanol–water partition coefficient (Wildman–Crippen LogP) is 2.18. The van der Waals surface area contributed by atoms with Crippen LogP contribution in [0.4, 0.5) is 0 Å². The largest absolute Gasteiger partial charge is 0.487 e. The van der Waals surface area contributed by atoms with Gasteiger partial charge in [-0.2, -0.15) is 0 Å². The number of ether oxygens (including phenoxy) is 1. The van der Waals surface area contributed by atoms with Gasteiger partial charge in [-0.1, -0.05) is 18.2 Å². The predicted molar refractivity (Wildman–Crippen MR) is 60.2 cm³/mol. The second-order valence-corrected chi connectivity index (χ2v) is 4.72. The molecule has 1 amide bonds. The van der Waals surface area contributed by atoms with E-state index < -0.39 is 0 Å². The first-order valence-corrected chi connectivity index (χ1v) is 5.81. The van der Waals surface area contributed by atoms with E-state index in [1.165, 1.54) is 6.42 Å². The average molecular weight is 217 g/mol. The molecule has 1 N–H and O–H groups in total. The van der Waals surface area contributed by atoms with Crippen LogP contribution < -0.4 is 10.1 Å². The van der Waals surface area contributed by atoms with Gasteiger partial charge in [0.05, 0.1) is 6.04 Å². The summed E-state index contributed by atoms with van der Waals surface area (Å²) in [5, 5.41) is 2.90. The minimum absolute atomic E-state index is 0.00493. The molecule has 1 aromatic carbocycles. The molecule has 0 bridgehead atoms. The number of nitrogens with one attached hydrogen (secondary N) is 1. The molecule has 3 nitrogen and oxygen atoms in total. The molecule has 1 saturated carbocycles. The SMILES string of the molecule is O=CNC1CC2(CCC2)Oc2ccccc21. The first-order chi connectivity index (χ1) is 7.83. The van der Waals surface area contributed by atoms with Gasteiger partial charge in [0.15, 0.2) is 0 Å². The Kier molecular flexibility index (Phi) is 2.13. The van der Waals surface area contributed by atoms with Crippen molar-refractivity contribution in [2.24, 2.45) is 0 Å². The molecule has 16 heavy (non-hydrogen) atoms. The highest BCUT2D eigenvalue weighted by Gasteiger charge is 2.45. The van der Waals surface area contributed by atoms with E-state index >= 15 is 0 Å². The number of carbonyl (C=O) groups is 1. The molecule has 1 unspecified atom stereocenters. The molecule has 84 valence electrons. The Morgan fingerprint density at radius 3 is 2.88 bits per heavy atom. The van der Waals surface area contributed by atoms with Crippen LogP contribution in [0.1, 0.15) is 37.3 Å². The Bertz CT molecular complexity index is 412. The molecule has 1 spiro atoms. The highest BCUT2D eigenvalue weighted by atomic mass is 16.5. The van der Waals surface area contributed by atoms with Crippen LogP contribution in [0, 0.1) is 0 Å². The molecule has 1 heterocycles. The lowest BCUT2D eigenvalue weighted by Crippen LogP contribution is -2.48. The summed E-state index contributed by atoms with van der Waals surface area (Å²) in [6.45, 7) is 0. The smallest absolute Gasteiger partial charge is 0.207 e. The lowest BCUT2D eigenvalue weighted by atomic mass is 9.73. The van der Waals surface area contributed by atoms with Crippen molar-refractivity contribution in [3.8, 4) is 5.75 Å². The van der Waals surface area contributed by atoms with E-state index in [9.17, 15) is 4.79 Å². The monoisotopic (exact) mass is 217 g/mol. The van der Waals surface area contributed by atoms with E-state index in [2.05, 4.69) is 5.32 Å². The molecule has 0 radical (unpaired) electrons. The van der Waals surface area contributed by atoms with Gasteiger partial charge in [0.1, 0.15) is 11.4 Å². The van der Waals surface area contributed by atoms with Crippen molar-refractivity contribution in [3.63, 3.8) is 0 Å². The van der Waals surface area contributed by atoms with Crippen LogP contribution in [-0.4, -0.2) is 12.0 Å². The molecular weight excluding hydrogens is 202 g/mol. The van der Waals surface area contributed by atoms with Crippen LogP contribution in [0.3, 0.4) is 0 Å². The summed E-state index contributed by atoms with van der Waals surface area (Å²) >= 11 is 0. The van der Waals surface area contributed by atoms with Crippen LogP contribution in [0.2, 0.25) is 0 Å². The van der Waals surface area contributed by atoms with E-state index in [0.717, 1.165) is 37.0 Å². The molecule has 3 rings (SSSR count). The first-order valence-electron chi connectivity index (χ1n) is 5.81. The van der Waals surface area contributed by atoms with E-state index in [0.29, 0.717) is 0 Å². The number of hydrogen-bond acceptors (Lipinski definition) is 2. The van der Waals surface area contributed by atoms with Crippen LogP contribution in [-0.2, 0) is 4.79 Å². The standard InChI is InChI=1S/C13H15NO2/c15-9-14-11-8-13(6-3-7-13)16-12-5-2-1-4-10(11)12/h1-2,4-5,9,11H,3,6-8H2,(H,14,15). The normalized spacial score (nSPS) is 25.1. The molecule has 1 aromatic rings. The van der Waals surface area contributed by atoms with E-state index in [1.54, 1.807) is 0 Å². The summed E-state index contributed by atoms with van der Waals surface area (Å²) in [5.74, 6) is 0.938. The lowest BCUT2D eigenvalue weighted by molar-refractivity contribution is -0.111. The third-order valence-electron chi connectivity index (χ3n) is 3.73. The van der Waals surface area contributed by atoms with E-state index in [1.807, 2.05) is 24.3 Å². The maximum Gasteiger partial charge on any atom is 0.207 e. The fourth-order valence-corrected chi connectivity index (χ4v) is 2.73. The Hall–Kier alpha value is -1.51. The quantitative estimate of drug-likeness (QED) is 0.771. The number of benzene rings is 1. The Labute approximate surface area is 94.8 Å². The van der Waals surface area contributed by atoms with Gasteiger partial charge in [0.25, 0.3) is 0 Å². The fraction of sp³-hybridized carbons (Fsp3) is 0.462. The minimum atomic E-state index is -0.00493. The van der Waals surface area contributed by atoms with Crippen molar-refractivity contribution in [2.75, 3.05) is 0 Å². The fourth-order valence-electron chi connectivity index (χ4n) is 2.73. The van der Waals surface area contributed by atoms with E-state index in [4.69, 9.17) is 4.74 Å². The second kappa shape index (κ2) is 3.51. The zero-order valence-corrected chi connectivity index (χ0v) is 9.11. The van der Waals surface area contributed by atoms with Gasteiger partial charge in [0, 0.05) is 12.0 Å². The van der Waals surface area contributed by atoms with Crippen molar-refractivity contribution in [2.45, 2.75) is 37.3 Å². The number of carbonyl (C=O) groups excluding carboxylic acids is 1. The zero-order chi connectivity index (χ0) is 11.0. The minimum Gasteiger partial charge on any atom is -0.487 e. The van der Waals surface area contributed by atoms with Gasteiger partial charge in [-0.05, 0) is 25.3 Å². The maximum absolute atomic E-state index is 10.6. The van der Waals surface area contributed by atoms with Crippen LogP contribution in [0.15, 0.2) is 24.3 Å². The third-order valence-corrected chi connectivity index (χ3v) is 3.73. The summed E-state index contributed by atoms with van der Waals surface area (Å²) in [5.41, 5.74) is 1.10. The lowest BCUT2D eigenvalue weighted by Gasteiger charge is -2.47. The molecule has 1 fully saturated rings. The number of hydrogen-bond donors (Lipinski definition) is 1. The van der Waals surface area contributed by atoms with Crippen molar-refractivity contribution in [1.29, 1.82) is 0 Å². The number of rotatable bonds is 2. The number of fused-ring (bicyclic) bond motifs is 1. The third kappa shape index (κ3) is 1.39. The average Bonchev–Trinajstić information content (AvgIpc) is 2.27. The molecule has 0 aromatic heterocycles. The van der Waals surface area contributed by atoms with Gasteiger partial charge in [-0.3, -0.25) is 4.79 Å². The zero-order valence-electron chi connectivity index (χ0n) is 9.11. The molecule has 1 aliphatic carbocycles. The van der Waals surface area contributed by atoms with Crippen LogP contribution >= 0.6 is 0 Å². The summed E-state index contributed by atoms with van der Waals surface area (Å²) < 4.78 is 6.08. The van der Waals surface area contributed by atoms with Gasteiger partial charge < -0.3 is 10.1 Å². The number of amides is 1. The van der Waals surface area contributed by atoms with Gasteiger partial charge in [-0.25, -0.2) is 0 Å². The summed E-state index contributed by atoms with van der Waals surface area (Å²) in [6.07, 6.45) is 5.15. The Morgan fingerprint density at radius 2 is 2.19 bits per heavy atom. The van der Waals surface area contributed by atoms with Crippen LogP contribution in [0.25, 0.3) is 0 Å². The Morgan fingerprint density at radius 1 is 1.38 bits per heavy atom. The number of para-hydroxylation sites is 1. The van der Waals surface area contributed by atoms with Crippen LogP contribution in [0.5, 0.6) is 5.75 Å². The van der Waals surface area contributed by atoms with Crippen molar-refractivity contribution < 1.29 is 9.53 Å². The van der Waals surface area contributed by atoms with Crippen molar-refractivity contribution in [3.05, 3.63) is 29.8 Å². The molecule has 3 heteroatoms. The van der Waals surface area contributed by atoms with Gasteiger partial charge in [0.2, 0.25) is 6.41 Å². The highest BCUT2D eigenvalue weighted by molar-refractivity contribution is 5.50. The maximum atomic E-state index is 10.6. The highest BCUT2D eigenvalue weighted by Crippen LogP contribution is 2.48. The first kappa shape index (κ1) is 9.70. The van der Waals surface area contributed by atoms with E-state index in [-0.39, 0.29) is 11.6 Å². The summed E-state index contributed by atoms with van der Waals surface area (Å²) in [7, 11) is 0. The summed E-state index contributed by atoms with van der Waals surface area (Å²) in [6, 6.07) is 8.10. The summed E-state index contributed by atoms with van der Waals surface area (Å²) in [4.78, 5) is 10.6. The van der Waals surface area contributed by atoms with Crippen molar-refractivity contribution >= 4 is 6.41 Å². The van der Waals surface area contributed by atoms with Crippen molar-refractivity contribution in [1.82, 2.24) is 5.32 Å². The van der Waals surface area contributed by atoms with Gasteiger partial charge >= 0.3 is 0 Å². The molecular formula is C13H15NO2. The topological polar surface area (TPSA) is 38.3 Å². The molecule has 2 aliphatic rings. The molecule has 0 saturated heterocycles. The van der Waals surface area contributed by atoms with Gasteiger partial charge in [-0.15, -0.1) is 0 Å². The second-order valence-electron chi connectivity index (χ2n) is 4.72. The molecule has 1 aliphatic heterocycles. The molecule has 1 atom stereocenters.